The Kier molecular flexibility index (Phi) is 6.78. The third-order valence-electron chi connectivity index (χ3n) is 5.92. The lowest BCUT2D eigenvalue weighted by atomic mass is 9.94. The van der Waals surface area contributed by atoms with E-state index in [1.807, 2.05) is 44.2 Å². The largest absolute Gasteiger partial charge is 0.493 e. The molecule has 5 rings (SSSR count). The summed E-state index contributed by atoms with van der Waals surface area (Å²) in [5.41, 5.74) is 3.31. The van der Waals surface area contributed by atoms with Gasteiger partial charge in [-0.05, 0) is 67.9 Å². The summed E-state index contributed by atoms with van der Waals surface area (Å²) in [4.78, 5) is 22.4. The minimum Gasteiger partial charge on any atom is -0.493 e. The molecular formula is C27H25ClN6O3. The topological polar surface area (TPSA) is 103 Å². The standard InChI is InChI=1S/C27H25ClN6O3/c1-4-37-21-12-9-18(14-22(21)36-3)24-23(26(35)31-20-6-5-13-29-15-20)16(2)30-27-32-25(33-34(24)27)17-7-10-19(28)11-8-17/h5-15,24H,4H2,1-3H3,(H,31,35)(H,30,32,33). The highest BCUT2D eigenvalue weighted by atomic mass is 35.5. The van der Waals surface area contributed by atoms with Crippen molar-refractivity contribution < 1.29 is 14.3 Å². The second-order valence-electron chi connectivity index (χ2n) is 8.32. The molecular weight excluding hydrogens is 492 g/mol. The number of halogens is 1. The molecule has 188 valence electrons. The van der Waals surface area contributed by atoms with Crippen LogP contribution in [0.1, 0.15) is 25.5 Å². The molecule has 0 saturated heterocycles. The predicted molar refractivity (Wildman–Crippen MR) is 142 cm³/mol. The van der Waals surface area contributed by atoms with Crippen LogP contribution in [0.2, 0.25) is 5.02 Å². The molecule has 2 aromatic carbocycles. The number of carbonyl (C=O) groups excluding carboxylic acids is 1. The van der Waals surface area contributed by atoms with Gasteiger partial charge in [0, 0.05) is 22.5 Å². The van der Waals surface area contributed by atoms with Gasteiger partial charge >= 0.3 is 0 Å². The fraction of sp³-hybridized carbons (Fsp3) is 0.185. The molecule has 9 nitrogen and oxygen atoms in total. The maximum absolute atomic E-state index is 13.6. The smallest absolute Gasteiger partial charge is 0.255 e. The molecule has 1 unspecified atom stereocenters. The van der Waals surface area contributed by atoms with Crippen molar-refractivity contribution in [1.29, 1.82) is 0 Å². The van der Waals surface area contributed by atoms with Crippen molar-refractivity contribution in [2.45, 2.75) is 19.9 Å². The molecule has 2 aromatic heterocycles. The SMILES string of the molecule is CCOc1ccc(C2C(C(=O)Nc3cccnc3)=C(C)Nc3nc(-c4ccc(Cl)cc4)nn32)cc1OC. The van der Waals surface area contributed by atoms with Gasteiger partial charge in [0.15, 0.2) is 17.3 Å². The van der Waals surface area contributed by atoms with Crippen LogP contribution in [0.3, 0.4) is 0 Å². The molecule has 1 amide bonds. The molecule has 0 aliphatic carbocycles. The van der Waals surface area contributed by atoms with E-state index in [0.29, 0.717) is 51.9 Å². The normalized spacial score (nSPS) is 14.5. The third-order valence-corrected chi connectivity index (χ3v) is 6.17. The molecule has 4 aromatic rings. The zero-order valence-electron chi connectivity index (χ0n) is 20.5. The van der Waals surface area contributed by atoms with E-state index in [-0.39, 0.29) is 5.91 Å². The number of allylic oxidation sites excluding steroid dienone is 1. The van der Waals surface area contributed by atoms with Gasteiger partial charge in [-0.1, -0.05) is 17.7 Å². The van der Waals surface area contributed by atoms with E-state index in [2.05, 4.69) is 15.6 Å². The predicted octanol–water partition coefficient (Wildman–Crippen LogP) is 5.33. The lowest BCUT2D eigenvalue weighted by Gasteiger charge is -2.29. The van der Waals surface area contributed by atoms with Crippen LogP contribution in [-0.4, -0.2) is 39.4 Å². The minimum absolute atomic E-state index is 0.287. The molecule has 0 radical (unpaired) electrons. The van der Waals surface area contributed by atoms with Gasteiger partial charge in [0.05, 0.1) is 31.2 Å². The highest BCUT2D eigenvalue weighted by Crippen LogP contribution is 2.40. The molecule has 2 N–H and O–H groups in total. The van der Waals surface area contributed by atoms with Crippen molar-refractivity contribution in [3.05, 3.63) is 88.8 Å². The number of nitrogens with zero attached hydrogens (tertiary/aromatic N) is 4. The summed E-state index contributed by atoms with van der Waals surface area (Å²) in [7, 11) is 1.58. The Morgan fingerprint density at radius 3 is 2.68 bits per heavy atom. The minimum atomic E-state index is -0.592. The van der Waals surface area contributed by atoms with Crippen molar-refractivity contribution >= 4 is 29.1 Å². The number of pyridine rings is 1. The first-order chi connectivity index (χ1) is 18.0. The van der Waals surface area contributed by atoms with E-state index in [0.717, 1.165) is 11.1 Å². The zero-order chi connectivity index (χ0) is 25.9. The summed E-state index contributed by atoms with van der Waals surface area (Å²) in [6, 6.07) is 15.8. The van der Waals surface area contributed by atoms with Gasteiger partial charge in [-0.15, -0.1) is 5.10 Å². The molecule has 3 heterocycles. The summed E-state index contributed by atoms with van der Waals surface area (Å²) in [5, 5.41) is 11.6. The molecule has 1 aliphatic heterocycles. The molecule has 0 fully saturated rings. The fourth-order valence-corrected chi connectivity index (χ4v) is 4.36. The van der Waals surface area contributed by atoms with Crippen LogP contribution in [0.25, 0.3) is 11.4 Å². The van der Waals surface area contributed by atoms with Gasteiger partial charge in [-0.2, -0.15) is 4.98 Å². The Hall–Kier alpha value is -4.37. The van der Waals surface area contributed by atoms with Gasteiger partial charge in [0.25, 0.3) is 5.91 Å². The Morgan fingerprint density at radius 1 is 1.16 bits per heavy atom. The number of aromatic nitrogens is 4. The number of hydrogen-bond acceptors (Lipinski definition) is 7. The fourth-order valence-electron chi connectivity index (χ4n) is 4.24. The van der Waals surface area contributed by atoms with E-state index < -0.39 is 6.04 Å². The van der Waals surface area contributed by atoms with Crippen LogP contribution in [-0.2, 0) is 4.79 Å². The molecule has 0 bridgehead atoms. The second-order valence-corrected chi connectivity index (χ2v) is 8.75. The first-order valence-electron chi connectivity index (χ1n) is 11.7. The van der Waals surface area contributed by atoms with Crippen LogP contribution in [0.5, 0.6) is 11.5 Å². The van der Waals surface area contributed by atoms with Crippen molar-refractivity contribution in [2.24, 2.45) is 0 Å². The summed E-state index contributed by atoms with van der Waals surface area (Å²) < 4.78 is 13.0. The quantitative estimate of drug-likeness (QED) is 0.342. The van der Waals surface area contributed by atoms with E-state index >= 15 is 0 Å². The lowest BCUT2D eigenvalue weighted by molar-refractivity contribution is -0.113. The Morgan fingerprint density at radius 2 is 1.97 bits per heavy atom. The van der Waals surface area contributed by atoms with Crippen LogP contribution < -0.4 is 20.1 Å². The van der Waals surface area contributed by atoms with E-state index in [1.165, 1.54) is 0 Å². The molecule has 37 heavy (non-hydrogen) atoms. The average Bonchev–Trinajstić information content (AvgIpc) is 3.32. The van der Waals surface area contributed by atoms with Crippen LogP contribution in [0, 0.1) is 0 Å². The number of hydrogen-bond donors (Lipinski definition) is 2. The molecule has 10 heteroatoms. The number of fused-ring (bicyclic) bond motifs is 1. The lowest BCUT2D eigenvalue weighted by Crippen LogP contribution is -2.31. The monoisotopic (exact) mass is 516 g/mol. The highest BCUT2D eigenvalue weighted by Gasteiger charge is 2.35. The Bertz CT molecular complexity index is 1470. The summed E-state index contributed by atoms with van der Waals surface area (Å²) in [6.07, 6.45) is 3.25. The first kappa shape index (κ1) is 24.3. The molecule has 0 spiro atoms. The van der Waals surface area contributed by atoms with E-state index in [1.54, 1.807) is 48.5 Å². The number of amides is 1. The maximum Gasteiger partial charge on any atom is 0.255 e. The van der Waals surface area contributed by atoms with Gasteiger partial charge in [0.1, 0.15) is 6.04 Å². The molecule has 0 saturated carbocycles. The van der Waals surface area contributed by atoms with Crippen molar-refractivity contribution in [2.75, 3.05) is 24.4 Å². The number of ether oxygens (including phenoxy) is 2. The zero-order valence-corrected chi connectivity index (χ0v) is 21.3. The number of benzene rings is 2. The van der Waals surface area contributed by atoms with Crippen molar-refractivity contribution in [3.8, 4) is 22.9 Å². The number of rotatable bonds is 7. The van der Waals surface area contributed by atoms with Crippen molar-refractivity contribution in [3.63, 3.8) is 0 Å². The van der Waals surface area contributed by atoms with Gasteiger partial charge in [-0.3, -0.25) is 9.78 Å². The highest BCUT2D eigenvalue weighted by molar-refractivity contribution is 6.30. The number of methoxy groups -OCH3 is 1. The summed E-state index contributed by atoms with van der Waals surface area (Å²) in [6.45, 7) is 4.25. The maximum atomic E-state index is 13.6. The molecule has 1 atom stereocenters. The van der Waals surface area contributed by atoms with Gasteiger partial charge in [-0.25, -0.2) is 4.68 Å². The number of nitrogens with one attached hydrogen (secondary N) is 2. The number of carbonyl (C=O) groups is 1. The third kappa shape index (κ3) is 4.85. The summed E-state index contributed by atoms with van der Waals surface area (Å²) in [5.74, 6) is 1.90. The van der Waals surface area contributed by atoms with Gasteiger partial charge in [0.2, 0.25) is 5.95 Å². The Balaban J connectivity index is 1.62. The van der Waals surface area contributed by atoms with E-state index in [9.17, 15) is 4.79 Å². The average molecular weight is 517 g/mol. The second kappa shape index (κ2) is 10.3. The molecule has 1 aliphatic rings. The van der Waals surface area contributed by atoms with Crippen LogP contribution in [0.15, 0.2) is 78.3 Å². The Labute approximate surface area is 219 Å². The summed E-state index contributed by atoms with van der Waals surface area (Å²) >= 11 is 6.07. The van der Waals surface area contributed by atoms with Gasteiger partial charge < -0.3 is 20.1 Å². The van der Waals surface area contributed by atoms with Crippen LogP contribution >= 0.6 is 11.6 Å². The van der Waals surface area contributed by atoms with Crippen LogP contribution in [0.4, 0.5) is 11.6 Å². The van der Waals surface area contributed by atoms with Crippen molar-refractivity contribution in [1.82, 2.24) is 19.7 Å². The first-order valence-corrected chi connectivity index (χ1v) is 12.1. The van der Waals surface area contributed by atoms with E-state index in [4.69, 9.17) is 31.2 Å². The number of anilines is 2.